The standard InChI is InChI=1S/C9H17NO4S2/c1-9(2,8-10)4-5-16(13,14)7-6-15(3,11)12/h4-7H2,1-3H3. The Bertz CT molecular complexity index is 468. The quantitative estimate of drug-likeness (QED) is 0.694. The summed E-state index contributed by atoms with van der Waals surface area (Å²) >= 11 is 0. The molecular formula is C9H17NO4S2. The Kier molecular flexibility index (Phi) is 4.95. The van der Waals surface area contributed by atoms with E-state index in [1.165, 1.54) is 0 Å². The van der Waals surface area contributed by atoms with Gasteiger partial charge in [-0.05, 0) is 20.3 Å². The fourth-order valence-corrected chi connectivity index (χ4v) is 4.10. The summed E-state index contributed by atoms with van der Waals surface area (Å²) in [7, 11) is -6.65. The number of sulfone groups is 2. The van der Waals surface area contributed by atoms with E-state index in [4.69, 9.17) is 5.26 Å². The molecule has 0 amide bonds. The zero-order valence-corrected chi connectivity index (χ0v) is 11.4. The van der Waals surface area contributed by atoms with Gasteiger partial charge in [0.05, 0.1) is 28.7 Å². The lowest BCUT2D eigenvalue weighted by Gasteiger charge is -2.14. The monoisotopic (exact) mass is 267 g/mol. The van der Waals surface area contributed by atoms with Crippen molar-refractivity contribution in [2.75, 3.05) is 23.5 Å². The van der Waals surface area contributed by atoms with Crippen molar-refractivity contribution in [3.8, 4) is 6.07 Å². The molecular weight excluding hydrogens is 250 g/mol. The fraction of sp³-hybridized carbons (Fsp3) is 0.889. The Morgan fingerprint density at radius 2 is 1.56 bits per heavy atom. The van der Waals surface area contributed by atoms with E-state index in [2.05, 4.69) is 0 Å². The van der Waals surface area contributed by atoms with Gasteiger partial charge in [0.25, 0.3) is 0 Å². The molecule has 0 atom stereocenters. The van der Waals surface area contributed by atoms with E-state index < -0.39 is 25.1 Å². The van der Waals surface area contributed by atoms with Gasteiger partial charge in [0.15, 0.2) is 9.84 Å². The van der Waals surface area contributed by atoms with Gasteiger partial charge in [0.2, 0.25) is 0 Å². The smallest absolute Gasteiger partial charge is 0.151 e. The number of nitriles is 1. The van der Waals surface area contributed by atoms with Crippen molar-refractivity contribution in [3.63, 3.8) is 0 Å². The molecule has 0 unspecified atom stereocenters. The average Bonchev–Trinajstić information content (AvgIpc) is 2.12. The minimum Gasteiger partial charge on any atom is -0.229 e. The summed E-state index contributed by atoms with van der Waals surface area (Å²) in [6.07, 6.45) is 1.22. The maximum absolute atomic E-state index is 11.5. The van der Waals surface area contributed by atoms with E-state index in [9.17, 15) is 16.8 Å². The first-order valence-electron chi connectivity index (χ1n) is 4.77. The minimum atomic E-state index is -3.39. The third kappa shape index (κ3) is 7.65. The lowest BCUT2D eigenvalue weighted by molar-refractivity contribution is 0.473. The molecule has 0 heterocycles. The zero-order chi connectivity index (χ0) is 13.0. The molecule has 0 aliphatic heterocycles. The van der Waals surface area contributed by atoms with Crippen LogP contribution in [0.15, 0.2) is 0 Å². The highest BCUT2D eigenvalue weighted by Gasteiger charge is 2.22. The van der Waals surface area contributed by atoms with Gasteiger partial charge in [-0.15, -0.1) is 0 Å². The maximum Gasteiger partial charge on any atom is 0.151 e. The Hall–Kier alpha value is -0.610. The SMILES string of the molecule is CC(C)(C#N)CCS(=O)(=O)CCS(C)(=O)=O. The number of nitrogens with zero attached hydrogens (tertiary/aromatic N) is 1. The van der Waals surface area contributed by atoms with E-state index >= 15 is 0 Å². The molecule has 0 N–H and O–H groups in total. The first kappa shape index (κ1) is 15.4. The summed E-state index contributed by atoms with van der Waals surface area (Å²) in [6.45, 7) is 3.30. The maximum atomic E-state index is 11.5. The Balaban J connectivity index is 4.35. The van der Waals surface area contributed by atoms with Gasteiger partial charge >= 0.3 is 0 Å². The van der Waals surface area contributed by atoms with Crippen LogP contribution in [0.4, 0.5) is 0 Å². The van der Waals surface area contributed by atoms with Crippen molar-refractivity contribution in [3.05, 3.63) is 0 Å². The van der Waals surface area contributed by atoms with Crippen molar-refractivity contribution in [2.24, 2.45) is 5.41 Å². The van der Waals surface area contributed by atoms with Gasteiger partial charge < -0.3 is 0 Å². The molecule has 0 aliphatic carbocycles. The molecule has 0 bridgehead atoms. The molecule has 0 aliphatic rings. The van der Waals surface area contributed by atoms with Crippen molar-refractivity contribution < 1.29 is 16.8 Å². The summed E-state index contributed by atoms with van der Waals surface area (Å²) in [5, 5.41) is 8.71. The van der Waals surface area contributed by atoms with Crippen molar-refractivity contribution in [1.82, 2.24) is 0 Å². The molecule has 0 aromatic rings. The summed E-state index contributed by atoms with van der Waals surface area (Å²) in [4.78, 5) is 0. The summed E-state index contributed by atoms with van der Waals surface area (Å²) in [5.74, 6) is -0.876. The zero-order valence-electron chi connectivity index (χ0n) is 9.73. The second kappa shape index (κ2) is 5.15. The van der Waals surface area contributed by atoms with Crippen LogP contribution >= 0.6 is 0 Å². The minimum absolute atomic E-state index is 0.150. The van der Waals surface area contributed by atoms with Gasteiger partial charge in [-0.25, -0.2) is 16.8 Å². The molecule has 0 saturated heterocycles. The fourth-order valence-electron chi connectivity index (χ4n) is 0.847. The highest BCUT2D eigenvalue weighted by molar-refractivity contribution is 7.94. The lowest BCUT2D eigenvalue weighted by atomic mass is 9.93. The average molecular weight is 267 g/mol. The molecule has 7 heteroatoms. The van der Waals surface area contributed by atoms with E-state index in [1.54, 1.807) is 13.8 Å². The van der Waals surface area contributed by atoms with Gasteiger partial charge in [0.1, 0.15) is 9.84 Å². The second-order valence-corrected chi connectivity index (χ2v) is 9.09. The molecule has 0 spiro atoms. The lowest BCUT2D eigenvalue weighted by Crippen LogP contribution is -2.22. The van der Waals surface area contributed by atoms with Crippen LogP contribution in [0.25, 0.3) is 0 Å². The van der Waals surface area contributed by atoms with Crippen LogP contribution in [0.5, 0.6) is 0 Å². The van der Waals surface area contributed by atoms with Crippen LogP contribution in [0.3, 0.4) is 0 Å². The molecule has 0 saturated carbocycles. The van der Waals surface area contributed by atoms with E-state index in [-0.39, 0.29) is 23.7 Å². The molecule has 16 heavy (non-hydrogen) atoms. The third-order valence-electron chi connectivity index (χ3n) is 2.11. The van der Waals surface area contributed by atoms with Crippen LogP contribution in [-0.2, 0) is 19.7 Å². The molecule has 0 rings (SSSR count). The van der Waals surface area contributed by atoms with E-state index in [1.807, 2.05) is 6.07 Å². The van der Waals surface area contributed by atoms with Gasteiger partial charge in [-0.1, -0.05) is 0 Å². The predicted molar refractivity (Wildman–Crippen MR) is 62.4 cm³/mol. The highest BCUT2D eigenvalue weighted by Crippen LogP contribution is 2.19. The van der Waals surface area contributed by atoms with E-state index in [0.717, 1.165) is 6.26 Å². The van der Waals surface area contributed by atoms with Crippen molar-refractivity contribution in [1.29, 1.82) is 5.26 Å². The number of hydrogen-bond acceptors (Lipinski definition) is 5. The Morgan fingerprint density at radius 3 is 1.94 bits per heavy atom. The van der Waals surface area contributed by atoms with Gasteiger partial charge in [0, 0.05) is 6.26 Å². The van der Waals surface area contributed by atoms with Gasteiger partial charge in [-0.3, -0.25) is 0 Å². The topological polar surface area (TPSA) is 92.1 Å². The summed E-state index contributed by atoms with van der Waals surface area (Å²) < 4.78 is 44.6. The number of rotatable bonds is 6. The molecule has 0 fully saturated rings. The van der Waals surface area contributed by atoms with Crippen LogP contribution in [-0.4, -0.2) is 40.3 Å². The predicted octanol–water partition coefficient (Wildman–Crippen LogP) is 0.386. The Labute approximate surface area is 97.3 Å². The third-order valence-corrected chi connectivity index (χ3v) is 4.96. The molecule has 0 radical (unpaired) electrons. The highest BCUT2D eigenvalue weighted by atomic mass is 32.2. The molecule has 0 aromatic heterocycles. The normalized spacial score (nSPS) is 13.4. The van der Waals surface area contributed by atoms with Crippen LogP contribution in [0, 0.1) is 16.7 Å². The van der Waals surface area contributed by atoms with Crippen molar-refractivity contribution >= 4 is 19.7 Å². The molecule has 0 aromatic carbocycles. The molecule has 5 nitrogen and oxygen atoms in total. The second-order valence-electron chi connectivity index (χ2n) is 4.53. The summed E-state index contributed by atoms with van der Waals surface area (Å²) in [5.41, 5.74) is -0.696. The largest absolute Gasteiger partial charge is 0.229 e. The number of hydrogen-bond donors (Lipinski definition) is 0. The Morgan fingerprint density at radius 1 is 1.06 bits per heavy atom. The van der Waals surface area contributed by atoms with Crippen LogP contribution in [0.1, 0.15) is 20.3 Å². The van der Waals surface area contributed by atoms with Crippen molar-refractivity contribution in [2.45, 2.75) is 20.3 Å². The first-order valence-corrected chi connectivity index (χ1v) is 8.65. The molecule has 94 valence electrons. The first-order chi connectivity index (χ1) is 6.97. The van der Waals surface area contributed by atoms with E-state index in [0.29, 0.717) is 0 Å². The van der Waals surface area contributed by atoms with Crippen LogP contribution in [0.2, 0.25) is 0 Å². The summed E-state index contributed by atoms with van der Waals surface area (Å²) in [6, 6.07) is 2.00. The van der Waals surface area contributed by atoms with Gasteiger partial charge in [-0.2, -0.15) is 5.26 Å². The van der Waals surface area contributed by atoms with Crippen LogP contribution < -0.4 is 0 Å².